The van der Waals surface area contributed by atoms with Gasteiger partial charge >= 0.3 is 0 Å². The van der Waals surface area contributed by atoms with Gasteiger partial charge in [0.2, 0.25) is 0 Å². The lowest BCUT2D eigenvalue weighted by molar-refractivity contribution is 0.0937. The Labute approximate surface area is 125 Å². The van der Waals surface area contributed by atoms with Gasteiger partial charge in [-0.3, -0.25) is 14.8 Å². The molecule has 1 saturated heterocycles. The number of nitrogens with one attached hydrogen (secondary N) is 2. The molecule has 0 bridgehead atoms. The van der Waals surface area contributed by atoms with E-state index in [1.807, 2.05) is 0 Å². The molecule has 0 radical (unpaired) electrons. The van der Waals surface area contributed by atoms with Crippen LogP contribution in [0, 0.1) is 0 Å². The highest BCUT2D eigenvalue weighted by Gasteiger charge is 2.17. The van der Waals surface area contributed by atoms with Crippen molar-refractivity contribution in [1.29, 1.82) is 0 Å². The van der Waals surface area contributed by atoms with E-state index in [1.165, 1.54) is 0 Å². The number of aromatic nitrogens is 2. The smallest absolute Gasteiger partial charge is 0.273 e. The number of nitrogens with zero attached hydrogens (tertiary/aromatic N) is 3. The number of H-pyrrole nitrogens is 1. The number of nitrogen functional groups attached to an aromatic ring is 1. The van der Waals surface area contributed by atoms with Crippen molar-refractivity contribution in [2.24, 2.45) is 0 Å². The Morgan fingerprint density at radius 2 is 2.10 bits per heavy atom. The van der Waals surface area contributed by atoms with Crippen LogP contribution in [0.3, 0.4) is 0 Å². The number of anilines is 1. The molecule has 0 aliphatic carbocycles. The summed E-state index contributed by atoms with van der Waals surface area (Å²) in [6, 6.07) is 0. The normalized spacial score (nSPS) is 17.0. The lowest BCUT2D eigenvalue weighted by Gasteiger charge is -2.32. The summed E-state index contributed by atoms with van der Waals surface area (Å²) in [6.07, 6.45) is 1.78. The maximum absolute atomic E-state index is 12.1. The molecule has 4 N–H and O–H groups in total. The van der Waals surface area contributed by atoms with Crippen molar-refractivity contribution >= 4 is 11.6 Å². The first kappa shape index (κ1) is 15.8. The van der Waals surface area contributed by atoms with Gasteiger partial charge in [0.1, 0.15) is 0 Å². The van der Waals surface area contributed by atoms with Crippen LogP contribution in [0.25, 0.3) is 0 Å². The number of hydrogen-bond donors (Lipinski definition) is 3. The van der Waals surface area contributed by atoms with Crippen molar-refractivity contribution in [3.8, 4) is 0 Å². The molecular weight excluding hydrogens is 268 g/mol. The van der Waals surface area contributed by atoms with Crippen LogP contribution >= 0.6 is 0 Å². The lowest BCUT2D eigenvalue weighted by Crippen LogP contribution is -2.46. The summed E-state index contributed by atoms with van der Waals surface area (Å²) in [5.74, 6) is -0.194. The summed E-state index contributed by atoms with van der Waals surface area (Å²) in [5, 5.41) is 9.77. The standard InChI is InChI=1S/C14H26N6O/c1-3-4-11-12(15)13(18-17-11)14(21)16-5-6-20-9-7-19(2)8-10-20/h3-10,15H2,1-2H3,(H,16,21)(H,17,18). The third-order valence-electron chi connectivity index (χ3n) is 3.91. The maximum atomic E-state index is 12.1. The second-order valence-corrected chi connectivity index (χ2v) is 5.62. The average Bonchev–Trinajstić information content (AvgIpc) is 2.83. The maximum Gasteiger partial charge on any atom is 0.273 e. The van der Waals surface area contributed by atoms with Gasteiger partial charge in [-0.15, -0.1) is 0 Å². The fourth-order valence-corrected chi connectivity index (χ4v) is 2.48. The van der Waals surface area contributed by atoms with E-state index in [2.05, 4.69) is 39.3 Å². The molecule has 0 saturated carbocycles. The number of piperazine rings is 1. The summed E-state index contributed by atoms with van der Waals surface area (Å²) in [4.78, 5) is 16.7. The molecule has 0 atom stereocenters. The van der Waals surface area contributed by atoms with Crippen LogP contribution in [0.4, 0.5) is 5.69 Å². The molecule has 1 amide bonds. The number of hydrogen-bond acceptors (Lipinski definition) is 5. The Kier molecular flexibility index (Phi) is 5.58. The molecule has 2 rings (SSSR count). The average molecular weight is 294 g/mol. The third kappa shape index (κ3) is 4.18. The van der Waals surface area contributed by atoms with Gasteiger partial charge in [-0.2, -0.15) is 5.10 Å². The van der Waals surface area contributed by atoms with Crippen LogP contribution in [0.1, 0.15) is 29.5 Å². The predicted molar refractivity (Wildman–Crippen MR) is 83.3 cm³/mol. The fourth-order valence-electron chi connectivity index (χ4n) is 2.48. The Morgan fingerprint density at radius 3 is 2.76 bits per heavy atom. The van der Waals surface area contributed by atoms with Gasteiger partial charge in [-0.1, -0.05) is 13.3 Å². The molecule has 7 heteroatoms. The number of aromatic amines is 1. The van der Waals surface area contributed by atoms with E-state index < -0.39 is 0 Å². The van der Waals surface area contributed by atoms with Crippen molar-refractivity contribution in [2.75, 3.05) is 52.0 Å². The number of nitrogens with two attached hydrogens (primary N) is 1. The lowest BCUT2D eigenvalue weighted by atomic mass is 10.2. The van der Waals surface area contributed by atoms with Crippen molar-refractivity contribution in [2.45, 2.75) is 19.8 Å². The van der Waals surface area contributed by atoms with E-state index in [1.54, 1.807) is 0 Å². The molecule has 1 aromatic heterocycles. The second kappa shape index (κ2) is 7.42. The van der Waals surface area contributed by atoms with Crippen LogP contribution in [0.15, 0.2) is 0 Å². The molecule has 0 unspecified atom stereocenters. The number of amides is 1. The number of carbonyl (C=O) groups excluding carboxylic acids is 1. The van der Waals surface area contributed by atoms with Crippen molar-refractivity contribution in [3.63, 3.8) is 0 Å². The third-order valence-corrected chi connectivity index (χ3v) is 3.91. The topological polar surface area (TPSA) is 90.3 Å². The van der Waals surface area contributed by atoms with Crippen LogP contribution in [0.5, 0.6) is 0 Å². The largest absolute Gasteiger partial charge is 0.395 e. The molecule has 1 aliphatic rings. The molecular formula is C14H26N6O. The van der Waals surface area contributed by atoms with Gasteiger partial charge in [0.25, 0.3) is 5.91 Å². The zero-order valence-corrected chi connectivity index (χ0v) is 13.0. The van der Waals surface area contributed by atoms with Gasteiger partial charge in [0.15, 0.2) is 5.69 Å². The first-order valence-corrected chi connectivity index (χ1v) is 7.63. The zero-order chi connectivity index (χ0) is 15.2. The minimum Gasteiger partial charge on any atom is -0.395 e. The molecule has 1 fully saturated rings. The van der Waals surface area contributed by atoms with E-state index in [4.69, 9.17) is 5.73 Å². The molecule has 0 aromatic carbocycles. The summed E-state index contributed by atoms with van der Waals surface area (Å²) < 4.78 is 0. The zero-order valence-electron chi connectivity index (χ0n) is 13.0. The Hall–Kier alpha value is -1.60. The number of aryl methyl sites for hydroxylation is 1. The van der Waals surface area contributed by atoms with Crippen LogP contribution in [-0.4, -0.2) is 72.2 Å². The predicted octanol–water partition coefficient (Wildman–Crippen LogP) is -0.0784. The molecule has 2 heterocycles. The first-order valence-electron chi connectivity index (χ1n) is 7.63. The van der Waals surface area contributed by atoms with Crippen LogP contribution in [-0.2, 0) is 6.42 Å². The Bertz CT molecular complexity index is 464. The molecule has 1 aromatic rings. The molecule has 0 spiro atoms. The summed E-state index contributed by atoms with van der Waals surface area (Å²) in [5.41, 5.74) is 7.60. The van der Waals surface area contributed by atoms with E-state index >= 15 is 0 Å². The minimum atomic E-state index is -0.194. The highest BCUT2D eigenvalue weighted by Crippen LogP contribution is 2.15. The van der Waals surface area contributed by atoms with E-state index in [0.717, 1.165) is 51.3 Å². The number of carbonyl (C=O) groups is 1. The van der Waals surface area contributed by atoms with Crippen molar-refractivity contribution in [1.82, 2.24) is 25.3 Å². The van der Waals surface area contributed by atoms with Gasteiger partial charge < -0.3 is 16.0 Å². The van der Waals surface area contributed by atoms with E-state index in [9.17, 15) is 4.79 Å². The first-order chi connectivity index (χ1) is 10.1. The summed E-state index contributed by atoms with van der Waals surface area (Å²) >= 11 is 0. The molecule has 21 heavy (non-hydrogen) atoms. The highest BCUT2D eigenvalue weighted by molar-refractivity contribution is 5.97. The SMILES string of the molecule is CCCc1[nH]nc(C(=O)NCCN2CCN(C)CC2)c1N. The van der Waals surface area contributed by atoms with Gasteiger partial charge in [-0.05, 0) is 13.5 Å². The Balaban J connectivity index is 1.77. The van der Waals surface area contributed by atoms with E-state index in [0.29, 0.717) is 17.9 Å². The number of rotatable bonds is 6. The second-order valence-electron chi connectivity index (χ2n) is 5.62. The van der Waals surface area contributed by atoms with Crippen LogP contribution < -0.4 is 11.1 Å². The number of likely N-dealkylation sites (N-methyl/N-ethyl adjacent to an activating group) is 1. The quantitative estimate of drug-likeness (QED) is 0.683. The molecule has 1 aliphatic heterocycles. The monoisotopic (exact) mass is 294 g/mol. The summed E-state index contributed by atoms with van der Waals surface area (Å²) in [7, 11) is 2.13. The van der Waals surface area contributed by atoms with Crippen molar-refractivity contribution in [3.05, 3.63) is 11.4 Å². The van der Waals surface area contributed by atoms with Crippen molar-refractivity contribution < 1.29 is 4.79 Å². The molecule has 118 valence electrons. The van der Waals surface area contributed by atoms with Gasteiger partial charge in [0.05, 0.1) is 11.4 Å². The van der Waals surface area contributed by atoms with Crippen LogP contribution in [0.2, 0.25) is 0 Å². The highest BCUT2D eigenvalue weighted by atomic mass is 16.1. The molecule has 7 nitrogen and oxygen atoms in total. The minimum absolute atomic E-state index is 0.194. The summed E-state index contributed by atoms with van der Waals surface area (Å²) in [6.45, 7) is 7.83. The fraction of sp³-hybridized carbons (Fsp3) is 0.714. The Morgan fingerprint density at radius 1 is 1.38 bits per heavy atom. The van der Waals surface area contributed by atoms with Gasteiger partial charge in [-0.25, -0.2) is 0 Å². The van der Waals surface area contributed by atoms with Gasteiger partial charge in [0, 0.05) is 39.3 Å². The van der Waals surface area contributed by atoms with E-state index in [-0.39, 0.29) is 5.91 Å².